The van der Waals surface area contributed by atoms with Gasteiger partial charge in [-0.1, -0.05) is 23.7 Å². The second-order valence-electron chi connectivity index (χ2n) is 4.46. The van der Waals surface area contributed by atoms with E-state index in [1.807, 2.05) is 17.5 Å². The monoisotopic (exact) mass is 358 g/mol. The Morgan fingerprint density at radius 3 is 2.68 bits per heavy atom. The quantitative estimate of drug-likeness (QED) is 0.744. The minimum atomic E-state index is -3.61. The lowest BCUT2D eigenvalue weighted by atomic mass is 10.3. The molecule has 0 fully saturated rings. The highest BCUT2D eigenvalue weighted by Gasteiger charge is 2.13. The van der Waals surface area contributed by atoms with Gasteiger partial charge in [0.15, 0.2) is 0 Å². The van der Waals surface area contributed by atoms with E-state index in [4.69, 9.17) is 11.6 Å². The first-order valence-electron chi connectivity index (χ1n) is 6.52. The molecule has 0 saturated heterocycles. The zero-order valence-corrected chi connectivity index (χ0v) is 14.0. The van der Waals surface area contributed by atoms with Gasteiger partial charge in [0.1, 0.15) is 0 Å². The average molecular weight is 359 g/mol. The Balaban J connectivity index is 1.77. The lowest BCUT2D eigenvalue weighted by Crippen LogP contribution is -2.35. The van der Waals surface area contributed by atoms with Gasteiger partial charge in [0.2, 0.25) is 15.9 Å². The highest BCUT2D eigenvalue weighted by molar-refractivity contribution is 7.89. The molecule has 0 atom stereocenters. The van der Waals surface area contributed by atoms with Crippen molar-refractivity contribution in [2.75, 3.05) is 13.1 Å². The third kappa shape index (κ3) is 5.10. The second-order valence-corrected chi connectivity index (χ2v) is 7.70. The fourth-order valence-corrected chi connectivity index (χ4v) is 3.77. The highest BCUT2D eigenvalue weighted by Crippen LogP contribution is 2.14. The van der Waals surface area contributed by atoms with E-state index >= 15 is 0 Å². The van der Waals surface area contributed by atoms with Crippen molar-refractivity contribution in [1.82, 2.24) is 10.0 Å². The van der Waals surface area contributed by atoms with Crippen molar-refractivity contribution < 1.29 is 13.2 Å². The van der Waals surface area contributed by atoms with E-state index in [-0.39, 0.29) is 23.9 Å². The van der Waals surface area contributed by atoms with Crippen LogP contribution in [-0.2, 0) is 21.2 Å². The summed E-state index contributed by atoms with van der Waals surface area (Å²) in [4.78, 5) is 12.7. The number of amides is 1. The third-order valence-electron chi connectivity index (χ3n) is 2.76. The first-order chi connectivity index (χ1) is 10.5. The number of benzene rings is 1. The van der Waals surface area contributed by atoms with E-state index in [9.17, 15) is 13.2 Å². The summed E-state index contributed by atoms with van der Waals surface area (Å²) in [5, 5.41) is 4.93. The molecule has 0 aliphatic heterocycles. The molecule has 118 valence electrons. The normalized spacial score (nSPS) is 11.3. The minimum absolute atomic E-state index is 0.102. The van der Waals surface area contributed by atoms with Crippen LogP contribution >= 0.6 is 22.9 Å². The van der Waals surface area contributed by atoms with Crippen molar-refractivity contribution in [3.05, 3.63) is 51.7 Å². The molecular weight excluding hydrogens is 344 g/mol. The van der Waals surface area contributed by atoms with Crippen molar-refractivity contribution in [3.63, 3.8) is 0 Å². The molecule has 1 aromatic heterocycles. The molecule has 8 heteroatoms. The molecule has 0 aliphatic rings. The van der Waals surface area contributed by atoms with E-state index in [1.165, 1.54) is 23.5 Å². The Kier molecular flexibility index (Phi) is 5.96. The van der Waals surface area contributed by atoms with Crippen LogP contribution in [0.2, 0.25) is 5.02 Å². The number of carbonyl (C=O) groups excluding carboxylic acids is 1. The van der Waals surface area contributed by atoms with Gasteiger partial charge in [-0.25, -0.2) is 13.1 Å². The van der Waals surface area contributed by atoms with Crippen LogP contribution in [0.25, 0.3) is 0 Å². The zero-order chi connectivity index (χ0) is 16.0. The fourth-order valence-electron chi connectivity index (χ4n) is 1.74. The molecule has 0 radical (unpaired) electrons. The molecule has 5 nitrogen and oxygen atoms in total. The Hall–Kier alpha value is -1.41. The number of sulfonamides is 1. The van der Waals surface area contributed by atoms with Gasteiger partial charge in [0, 0.05) is 23.0 Å². The lowest BCUT2D eigenvalue weighted by molar-refractivity contribution is -0.120. The molecule has 0 aliphatic carbocycles. The summed E-state index contributed by atoms with van der Waals surface area (Å²) in [5.41, 5.74) is 0. The summed E-state index contributed by atoms with van der Waals surface area (Å²) >= 11 is 7.28. The molecule has 1 amide bonds. The molecule has 0 saturated carbocycles. The number of carbonyl (C=O) groups is 1. The van der Waals surface area contributed by atoms with Crippen LogP contribution in [0.4, 0.5) is 0 Å². The summed E-state index contributed by atoms with van der Waals surface area (Å²) in [5.74, 6) is -0.135. The number of halogens is 1. The maximum atomic E-state index is 12.0. The van der Waals surface area contributed by atoms with E-state index < -0.39 is 10.0 Å². The van der Waals surface area contributed by atoms with E-state index in [0.717, 1.165) is 4.88 Å². The van der Waals surface area contributed by atoms with Crippen molar-refractivity contribution in [2.24, 2.45) is 0 Å². The third-order valence-corrected chi connectivity index (χ3v) is 5.33. The predicted molar refractivity (Wildman–Crippen MR) is 87.7 cm³/mol. The predicted octanol–water partition coefficient (Wildman–Crippen LogP) is 2.04. The molecule has 22 heavy (non-hydrogen) atoms. The van der Waals surface area contributed by atoms with Crippen LogP contribution in [0, 0.1) is 0 Å². The maximum Gasteiger partial charge on any atom is 0.240 e. The summed E-state index contributed by atoms with van der Waals surface area (Å²) < 4.78 is 26.4. The Morgan fingerprint density at radius 2 is 2.00 bits per heavy atom. The summed E-state index contributed by atoms with van der Waals surface area (Å²) in [7, 11) is -3.61. The average Bonchev–Trinajstić information content (AvgIpc) is 2.96. The SMILES string of the molecule is O=C(Cc1cccs1)NCCNS(=O)(=O)c1cccc(Cl)c1. The topological polar surface area (TPSA) is 75.3 Å². The molecular formula is C14H15ClN2O3S2. The molecule has 0 bridgehead atoms. The van der Waals surface area contributed by atoms with Gasteiger partial charge in [0.25, 0.3) is 0 Å². The van der Waals surface area contributed by atoms with E-state index in [0.29, 0.717) is 11.4 Å². The molecule has 2 N–H and O–H groups in total. The van der Waals surface area contributed by atoms with Gasteiger partial charge < -0.3 is 5.32 Å². The Labute approximate surface area is 138 Å². The Morgan fingerprint density at radius 1 is 1.18 bits per heavy atom. The molecule has 1 heterocycles. The van der Waals surface area contributed by atoms with Crippen molar-refractivity contribution >= 4 is 38.9 Å². The Bertz CT molecular complexity index is 730. The number of hydrogen-bond donors (Lipinski definition) is 2. The van der Waals surface area contributed by atoms with Gasteiger partial charge >= 0.3 is 0 Å². The molecule has 2 rings (SSSR count). The first kappa shape index (κ1) is 17.0. The van der Waals surface area contributed by atoms with Crippen LogP contribution < -0.4 is 10.0 Å². The summed E-state index contributed by atoms with van der Waals surface area (Å²) in [6.45, 7) is 0.342. The molecule has 0 unspecified atom stereocenters. The summed E-state index contributed by atoms with van der Waals surface area (Å²) in [6, 6.07) is 9.77. The van der Waals surface area contributed by atoms with E-state index in [2.05, 4.69) is 10.0 Å². The molecule has 2 aromatic rings. The van der Waals surface area contributed by atoms with Gasteiger partial charge in [-0.05, 0) is 29.6 Å². The number of thiophene rings is 1. The smallest absolute Gasteiger partial charge is 0.240 e. The van der Waals surface area contributed by atoms with Crippen LogP contribution in [0.5, 0.6) is 0 Å². The van der Waals surface area contributed by atoms with Gasteiger partial charge in [-0.15, -0.1) is 11.3 Å². The largest absolute Gasteiger partial charge is 0.354 e. The van der Waals surface area contributed by atoms with Gasteiger partial charge in [-0.3, -0.25) is 4.79 Å². The number of rotatable bonds is 7. The fraction of sp³-hybridized carbons (Fsp3) is 0.214. The minimum Gasteiger partial charge on any atom is -0.354 e. The maximum absolute atomic E-state index is 12.0. The van der Waals surface area contributed by atoms with Gasteiger partial charge in [-0.2, -0.15) is 0 Å². The molecule has 0 spiro atoms. The van der Waals surface area contributed by atoms with E-state index in [1.54, 1.807) is 12.1 Å². The van der Waals surface area contributed by atoms with Crippen LogP contribution in [0.15, 0.2) is 46.7 Å². The van der Waals surface area contributed by atoms with Gasteiger partial charge in [0.05, 0.1) is 11.3 Å². The number of nitrogens with one attached hydrogen (secondary N) is 2. The lowest BCUT2D eigenvalue weighted by Gasteiger charge is -2.08. The summed E-state index contributed by atoms with van der Waals surface area (Å²) in [6.07, 6.45) is 0.304. The van der Waals surface area contributed by atoms with Crippen LogP contribution in [0.1, 0.15) is 4.88 Å². The molecule has 1 aromatic carbocycles. The second kappa shape index (κ2) is 7.73. The standard InChI is InChI=1S/C14H15ClN2O3S2/c15-11-3-1-5-13(9-11)22(19,20)17-7-6-16-14(18)10-12-4-2-8-21-12/h1-5,8-9,17H,6-7,10H2,(H,16,18). The van der Waals surface area contributed by atoms with Crippen LogP contribution in [-0.4, -0.2) is 27.4 Å². The van der Waals surface area contributed by atoms with Crippen molar-refractivity contribution in [3.8, 4) is 0 Å². The number of hydrogen-bond acceptors (Lipinski definition) is 4. The zero-order valence-electron chi connectivity index (χ0n) is 11.6. The van der Waals surface area contributed by atoms with Crippen LogP contribution in [0.3, 0.4) is 0 Å². The highest BCUT2D eigenvalue weighted by atomic mass is 35.5. The van der Waals surface area contributed by atoms with Crippen molar-refractivity contribution in [1.29, 1.82) is 0 Å². The first-order valence-corrected chi connectivity index (χ1v) is 9.26. The van der Waals surface area contributed by atoms with Crippen molar-refractivity contribution in [2.45, 2.75) is 11.3 Å².